The van der Waals surface area contributed by atoms with E-state index in [2.05, 4.69) is 0 Å². The minimum absolute atomic E-state index is 0.0772. The number of imide groups is 1. The van der Waals surface area contributed by atoms with Crippen molar-refractivity contribution in [3.63, 3.8) is 0 Å². The highest BCUT2D eigenvalue weighted by Crippen LogP contribution is 2.23. The van der Waals surface area contributed by atoms with Crippen molar-refractivity contribution in [2.24, 2.45) is 0 Å². The van der Waals surface area contributed by atoms with Crippen molar-refractivity contribution < 1.29 is 14.3 Å². The molecule has 0 bridgehead atoms. The Morgan fingerprint density at radius 3 is 2.60 bits per heavy atom. The van der Waals surface area contributed by atoms with Crippen LogP contribution in [0.3, 0.4) is 0 Å². The summed E-state index contributed by atoms with van der Waals surface area (Å²) in [6.45, 7) is 0.223. The number of benzene rings is 1. The molecule has 1 fully saturated rings. The van der Waals surface area contributed by atoms with Crippen molar-refractivity contribution in [1.29, 1.82) is 0 Å². The first-order valence-electron chi connectivity index (χ1n) is 6.07. The average Bonchev–Trinajstić information content (AvgIpc) is 3.05. The number of rotatable bonds is 3. The van der Waals surface area contributed by atoms with E-state index >= 15 is 0 Å². The highest BCUT2D eigenvalue weighted by atomic mass is 32.1. The Hall–Kier alpha value is -2.40. The lowest BCUT2D eigenvalue weighted by atomic mass is 10.2. The fourth-order valence-electron chi connectivity index (χ4n) is 1.90. The highest BCUT2D eigenvalue weighted by Gasteiger charge is 2.36. The Morgan fingerprint density at radius 2 is 1.90 bits per heavy atom. The first kappa shape index (κ1) is 12.6. The molecule has 2 amide bonds. The van der Waals surface area contributed by atoms with Gasteiger partial charge in [0.2, 0.25) is 0 Å². The molecule has 100 valence electrons. The number of thiophene rings is 1. The van der Waals surface area contributed by atoms with Crippen molar-refractivity contribution in [3.8, 4) is 0 Å². The summed E-state index contributed by atoms with van der Waals surface area (Å²) in [4.78, 5) is 25.9. The van der Waals surface area contributed by atoms with Crippen molar-refractivity contribution in [2.75, 3.05) is 0 Å². The van der Waals surface area contributed by atoms with Crippen LogP contribution >= 0.6 is 11.3 Å². The summed E-state index contributed by atoms with van der Waals surface area (Å²) in [5.41, 5.74) is 0.884. The molecule has 4 nitrogen and oxygen atoms in total. The summed E-state index contributed by atoms with van der Waals surface area (Å²) in [7, 11) is 0. The van der Waals surface area contributed by atoms with Gasteiger partial charge in [-0.25, -0.2) is 9.69 Å². The number of nitrogens with zero attached hydrogens (tertiary/aromatic N) is 1. The monoisotopic (exact) mass is 285 g/mol. The Kier molecular flexibility index (Phi) is 3.35. The molecule has 1 saturated heterocycles. The average molecular weight is 285 g/mol. The van der Waals surface area contributed by atoms with E-state index < -0.39 is 12.0 Å². The SMILES string of the molecule is O=C1O/C(=C/c2cccs2)C(=O)N1Cc1ccccc1. The van der Waals surface area contributed by atoms with Crippen molar-refractivity contribution in [2.45, 2.75) is 6.54 Å². The maximum atomic E-state index is 12.2. The molecule has 20 heavy (non-hydrogen) atoms. The van der Waals surface area contributed by atoms with Gasteiger partial charge in [0.05, 0.1) is 6.54 Å². The maximum Gasteiger partial charge on any atom is 0.422 e. The molecule has 1 aliphatic rings. The molecule has 2 aromatic rings. The molecule has 0 N–H and O–H groups in total. The molecule has 1 aromatic heterocycles. The normalized spacial score (nSPS) is 16.8. The topological polar surface area (TPSA) is 46.6 Å². The minimum atomic E-state index is -0.623. The molecule has 0 saturated carbocycles. The molecule has 1 aromatic carbocycles. The fraction of sp³-hybridized carbons (Fsp3) is 0.0667. The van der Waals surface area contributed by atoms with E-state index in [1.54, 1.807) is 6.08 Å². The second kappa shape index (κ2) is 5.30. The predicted molar refractivity (Wildman–Crippen MR) is 75.8 cm³/mol. The van der Waals surface area contributed by atoms with Gasteiger partial charge in [0.15, 0.2) is 5.76 Å². The van der Waals surface area contributed by atoms with Crippen LogP contribution in [0.1, 0.15) is 10.4 Å². The van der Waals surface area contributed by atoms with Crippen LogP contribution in [0.2, 0.25) is 0 Å². The second-order valence-corrected chi connectivity index (χ2v) is 5.25. The van der Waals surface area contributed by atoms with Crippen LogP contribution < -0.4 is 0 Å². The molecule has 2 heterocycles. The van der Waals surface area contributed by atoms with Gasteiger partial charge in [0.1, 0.15) is 0 Å². The van der Waals surface area contributed by atoms with Gasteiger partial charge in [-0.2, -0.15) is 0 Å². The molecule has 0 unspecified atom stereocenters. The number of hydrogen-bond donors (Lipinski definition) is 0. The summed E-state index contributed by atoms with van der Waals surface area (Å²) in [5.74, 6) is -0.319. The van der Waals surface area contributed by atoms with Gasteiger partial charge in [-0.05, 0) is 17.0 Å². The van der Waals surface area contributed by atoms with E-state index in [9.17, 15) is 9.59 Å². The van der Waals surface area contributed by atoms with E-state index in [0.29, 0.717) is 0 Å². The zero-order valence-corrected chi connectivity index (χ0v) is 11.3. The van der Waals surface area contributed by atoms with Crippen LogP contribution in [0.25, 0.3) is 6.08 Å². The molecule has 0 aliphatic carbocycles. The van der Waals surface area contributed by atoms with E-state index in [4.69, 9.17) is 4.74 Å². The van der Waals surface area contributed by atoms with E-state index in [1.807, 2.05) is 47.8 Å². The molecule has 3 rings (SSSR count). The summed E-state index contributed by atoms with van der Waals surface area (Å²) in [6, 6.07) is 13.1. The van der Waals surface area contributed by atoms with Gasteiger partial charge in [-0.3, -0.25) is 4.79 Å². The van der Waals surface area contributed by atoms with Crippen molar-refractivity contribution in [1.82, 2.24) is 4.90 Å². The highest BCUT2D eigenvalue weighted by molar-refractivity contribution is 7.10. The molecule has 5 heteroatoms. The Balaban J connectivity index is 1.81. The predicted octanol–water partition coefficient (Wildman–Crippen LogP) is 3.27. The maximum absolute atomic E-state index is 12.2. The lowest BCUT2D eigenvalue weighted by Crippen LogP contribution is -2.28. The molecular formula is C15H11NO3S. The molecule has 0 spiro atoms. The first-order chi connectivity index (χ1) is 9.74. The quantitative estimate of drug-likeness (QED) is 0.813. The van der Waals surface area contributed by atoms with Gasteiger partial charge >= 0.3 is 6.09 Å². The fourth-order valence-corrected chi connectivity index (χ4v) is 2.55. The molecular weight excluding hydrogens is 274 g/mol. The number of hydrogen-bond acceptors (Lipinski definition) is 4. The third-order valence-corrected chi connectivity index (χ3v) is 3.69. The third-order valence-electron chi connectivity index (χ3n) is 2.87. The zero-order chi connectivity index (χ0) is 13.9. The summed E-state index contributed by atoms with van der Waals surface area (Å²) in [5, 5.41) is 1.90. The summed E-state index contributed by atoms with van der Waals surface area (Å²) in [6.07, 6.45) is 0.970. The van der Waals surface area contributed by atoms with Crippen LogP contribution in [-0.2, 0) is 16.1 Å². The summed E-state index contributed by atoms with van der Waals surface area (Å²) < 4.78 is 5.04. The van der Waals surface area contributed by atoms with Crippen molar-refractivity contribution >= 4 is 29.4 Å². The van der Waals surface area contributed by atoms with Crippen LogP contribution in [0, 0.1) is 0 Å². The Labute approximate surface area is 119 Å². The number of carbonyl (C=O) groups is 2. The molecule has 1 aliphatic heterocycles. The zero-order valence-electron chi connectivity index (χ0n) is 10.5. The van der Waals surface area contributed by atoms with Crippen LogP contribution in [-0.4, -0.2) is 16.9 Å². The van der Waals surface area contributed by atoms with Gasteiger partial charge in [0.25, 0.3) is 5.91 Å². The lowest BCUT2D eigenvalue weighted by molar-refractivity contribution is -0.123. The number of ether oxygens (including phenoxy) is 1. The Morgan fingerprint density at radius 1 is 1.10 bits per heavy atom. The van der Waals surface area contributed by atoms with Crippen LogP contribution in [0.4, 0.5) is 4.79 Å². The van der Waals surface area contributed by atoms with Gasteiger partial charge in [-0.1, -0.05) is 36.4 Å². The van der Waals surface area contributed by atoms with E-state index in [1.165, 1.54) is 11.3 Å². The van der Waals surface area contributed by atoms with Crippen LogP contribution in [0.15, 0.2) is 53.6 Å². The third kappa shape index (κ3) is 2.48. The van der Waals surface area contributed by atoms with Gasteiger partial charge < -0.3 is 4.74 Å². The van der Waals surface area contributed by atoms with E-state index in [-0.39, 0.29) is 12.3 Å². The lowest BCUT2D eigenvalue weighted by Gasteiger charge is -2.09. The first-order valence-corrected chi connectivity index (χ1v) is 6.95. The second-order valence-electron chi connectivity index (χ2n) is 4.27. The smallest absolute Gasteiger partial charge is 0.404 e. The minimum Gasteiger partial charge on any atom is -0.404 e. The molecule has 0 atom stereocenters. The number of carbonyl (C=O) groups excluding carboxylic acids is 2. The Bertz CT molecular complexity index is 662. The van der Waals surface area contributed by atoms with E-state index in [0.717, 1.165) is 15.3 Å². The largest absolute Gasteiger partial charge is 0.422 e. The standard InChI is InChI=1S/C15H11NO3S/c17-14-13(9-12-7-4-8-20-12)19-15(18)16(14)10-11-5-2-1-3-6-11/h1-9H,10H2/b13-9+. The van der Waals surface area contributed by atoms with Gasteiger partial charge in [0, 0.05) is 11.0 Å². The van der Waals surface area contributed by atoms with Crippen molar-refractivity contribution in [3.05, 3.63) is 64.0 Å². The number of cyclic esters (lactones) is 1. The summed E-state index contributed by atoms with van der Waals surface area (Å²) >= 11 is 1.48. The molecule has 0 radical (unpaired) electrons. The number of amides is 2. The van der Waals surface area contributed by atoms with Crippen LogP contribution in [0.5, 0.6) is 0 Å². The van der Waals surface area contributed by atoms with Gasteiger partial charge in [-0.15, -0.1) is 11.3 Å².